The topological polar surface area (TPSA) is 162 Å². The smallest absolute Gasteiger partial charge is 0.305 e. The molecule has 1 aromatic rings. The Morgan fingerprint density at radius 1 is 1.12 bits per heavy atom. The highest BCUT2D eigenvalue weighted by Gasteiger charge is 2.72. The van der Waals surface area contributed by atoms with E-state index in [0.717, 1.165) is 12.8 Å². The highest BCUT2D eigenvalue weighted by Crippen LogP contribution is 2.65. The highest BCUT2D eigenvalue weighted by molar-refractivity contribution is 6.34. The summed E-state index contributed by atoms with van der Waals surface area (Å²) < 4.78 is 0. The van der Waals surface area contributed by atoms with Crippen LogP contribution in [0.25, 0.3) is 0 Å². The average Bonchev–Trinajstić information content (AvgIpc) is 3.31. The number of fused-ring (bicyclic) bond motifs is 1. The maximum absolute atomic E-state index is 14.1. The molecule has 11 nitrogen and oxygen atoms in total. The first kappa shape index (κ1) is 29.5. The lowest BCUT2D eigenvalue weighted by Crippen LogP contribution is -2.60. The molecule has 2 saturated carbocycles. The molecule has 3 fully saturated rings. The Morgan fingerprint density at radius 2 is 1.80 bits per heavy atom. The van der Waals surface area contributed by atoms with E-state index in [0.29, 0.717) is 17.9 Å². The van der Waals surface area contributed by atoms with E-state index in [-0.39, 0.29) is 40.8 Å². The molecular formula is C28H35ClN4O7. The number of aldehydes is 1. The molecule has 40 heavy (non-hydrogen) atoms. The Balaban J connectivity index is 1.56. The van der Waals surface area contributed by atoms with Crippen molar-refractivity contribution in [3.05, 3.63) is 28.8 Å². The van der Waals surface area contributed by atoms with Gasteiger partial charge in [0, 0.05) is 18.0 Å². The van der Waals surface area contributed by atoms with Gasteiger partial charge in [0.15, 0.2) is 0 Å². The molecule has 0 bridgehead atoms. The van der Waals surface area contributed by atoms with Gasteiger partial charge in [-0.1, -0.05) is 39.3 Å². The van der Waals surface area contributed by atoms with Gasteiger partial charge in [0.05, 0.1) is 23.2 Å². The normalized spacial score (nSPS) is 25.8. The van der Waals surface area contributed by atoms with Crippen LogP contribution >= 0.6 is 11.6 Å². The number of amides is 4. The minimum atomic E-state index is -1.23. The molecule has 2 aliphatic carbocycles. The summed E-state index contributed by atoms with van der Waals surface area (Å²) >= 11 is 6.29. The van der Waals surface area contributed by atoms with Crippen molar-refractivity contribution in [1.29, 1.82) is 0 Å². The first-order valence-electron chi connectivity index (χ1n) is 13.5. The van der Waals surface area contributed by atoms with Gasteiger partial charge in [-0.15, -0.1) is 0 Å². The number of nitrogens with one attached hydrogen (secondary N) is 3. The zero-order valence-corrected chi connectivity index (χ0v) is 23.7. The molecule has 1 saturated heterocycles. The summed E-state index contributed by atoms with van der Waals surface area (Å²) in [6, 6.07) is 1.26. The van der Waals surface area contributed by atoms with Gasteiger partial charge in [-0.2, -0.15) is 0 Å². The number of rotatable bonds is 10. The van der Waals surface area contributed by atoms with Crippen LogP contribution in [-0.4, -0.2) is 70.1 Å². The van der Waals surface area contributed by atoms with Gasteiger partial charge in [-0.25, -0.2) is 0 Å². The van der Waals surface area contributed by atoms with E-state index in [1.807, 2.05) is 20.8 Å². The molecule has 4 rings (SSSR count). The number of carboxylic acid groups (broad SMARTS) is 1. The van der Waals surface area contributed by atoms with Crippen LogP contribution in [0.2, 0.25) is 5.02 Å². The van der Waals surface area contributed by atoms with E-state index < -0.39 is 53.7 Å². The van der Waals surface area contributed by atoms with E-state index in [4.69, 9.17) is 16.7 Å². The maximum atomic E-state index is 14.1. The zero-order chi connectivity index (χ0) is 29.5. The van der Waals surface area contributed by atoms with Crippen molar-refractivity contribution in [3.8, 4) is 0 Å². The van der Waals surface area contributed by atoms with E-state index in [1.165, 1.54) is 18.2 Å². The third-order valence-corrected chi connectivity index (χ3v) is 8.48. The van der Waals surface area contributed by atoms with Crippen LogP contribution in [-0.2, 0) is 24.0 Å². The summed E-state index contributed by atoms with van der Waals surface area (Å²) in [7, 11) is 0. The quantitative estimate of drug-likeness (QED) is 0.311. The van der Waals surface area contributed by atoms with Crippen molar-refractivity contribution in [1.82, 2.24) is 15.5 Å². The van der Waals surface area contributed by atoms with Crippen molar-refractivity contribution in [2.24, 2.45) is 23.2 Å². The predicted molar refractivity (Wildman–Crippen MR) is 145 cm³/mol. The van der Waals surface area contributed by atoms with Gasteiger partial charge in [-0.05, 0) is 54.2 Å². The molecule has 1 aliphatic heterocycles. The molecule has 7 atom stereocenters. The van der Waals surface area contributed by atoms with Gasteiger partial charge >= 0.3 is 5.97 Å². The lowest BCUT2D eigenvalue weighted by atomic mass is 9.85. The third-order valence-electron chi connectivity index (χ3n) is 8.17. The molecule has 1 heterocycles. The van der Waals surface area contributed by atoms with Crippen LogP contribution in [0.3, 0.4) is 0 Å². The summed E-state index contributed by atoms with van der Waals surface area (Å²) in [5.74, 6) is -2.57. The Labute approximate surface area is 237 Å². The number of hydrogen-bond acceptors (Lipinski definition) is 6. The van der Waals surface area contributed by atoms with Crippen LogP contribution in [0.15, 0.2) is 18.2 Å². The van der Waals surface area contributed by atoms with Gasteiger partial charge in [0.1, 0.15) is 18.4 Å². The number of halogens is 1. The summed E-state index contributed by atoms with van der Waals surface area (Å²) in [5.41, 5.74) is -0.164. The summed E-state index contributed by atoms with van der Waals surface area (Å²) in [6.07, 6.45) is 1.73. The van der Waals surface area contributed by atoms with Gasteiger partial charge in [0.2, 0.25) is 17.7 Å². The number of carbonyl (C=O) groups excluding carboxylic acids is 5. The van der Waals surface area contributed by atoms with Crippen LogP contribution in [0.4, 0.5) is 5.69 Å². The second-order valence-corrected chi connectivity index (χ2v) is 12.3. The van der Waals surface area contributed by atoms with Crippen molar-refractivity contribution in [2.75, 3.05) is 5.32 Å². The first-order chi connectivity index (χ1) is 18.8. The number of carbonyl (C=O) groups is 6. The van der Waals surface area contributed by atoms with Crippen molar-refractivity contribution < 1.29 is 33.9 Å². The average molecular weight is 575 g/mol. The lowest BCUT2D eigenvalue weighted by Gasteiger charge is -2.37. The molecule has 1 aromatic carbocycles. The predicted octanol–water partition coefficient (Wildman–Crippen LogP) is 2.23. The van der Waals surface area contributed by atoms with Crippen LogP contribution in [0.5, 0.6) is 0 Å². The fourth-order valence-corrected chi connectivity index (χ4v) is 6.48. The molecule has 216 valence electrons. The van der Waals surface area contributed by atoms with Crippen molar-refractivity contribution >= 4 is 53.2 Å². The van der Waals surface area contributed by atoms with Crippen LogP contribution < -0.4 is 16.0 Å². The number of hydrogen-bond donors (Lipinski definition) is 4. The summed E-state index contributed by atoms with van der Waals surface area (Å²) in [5, 5.41) is 17.2. The summed E-state index contributed by atoms with van der Waals surface area (Å²) in [4.78, 5) is 76.6. The zero-order valence-electron chi connectivity index (χ0n) is 22.9. The lowest BCUT2D eigenvalue weighted by molar-refractivity contribution is -0.145. The second-order valence-electron chi connectivity index (χ2n) is 11.9. The van der Waals surface area contributed by atoms with Gasteiger partial charge in [0.25, 0.3) is 5.91 Å². The standard InChI is InChI=1S/C28H35ClN4O7/c1-5-19(35)31-18-9-6-13(10-17(18)29)25(38)32-24(28(2,3)4)27(40)33-22-15-7-8-16(21(15)22)23(33)26(39)30-14(12-34)11-20(36)37/h6,9-10,12,14-16,21-24H,5,7-8,11H2,1-4H3,(H,30,39)(H,31,35)(H,32,38)(H,36,37)/t14-,15?,16?,21?,22?,23?,24?/m0/s1. The number of anilines is 1. The minimum absolute atomic E-state index is 0.0860. The molecule has 0 aromatic heterocycles. The van der Waals surface area contributed by atoms with Gasteiger partial charge in [-0.3, -0.25) is 24.0 Å². The van der Waals surface area contributed by atoms with E-state index in [2.05, 4.69) is 16.0 Å². The molecule has 0 radical (unpaired) electrons. The Morgan fingerprint density at radius 3 is 2.38 bits per heavy atom. The fraction of sp³-hybridized carbons (Fsp3) is 0.571. The SMILES string of the molecule is CCC(=O)Nc1ccc(C(=O)NC(C(=O)N2C(C(=O)N[C@H](C=O)CC(=O)O)C3CCC4C3C42)C(C)(C)C)cc1Cl. The van der Waals surface area contributed by atoms with E-state index in [1.54, 1.807) is 11.8 Å². The van der Waals surface area contributed by atoms with E-state index in [9.17, 15) is 28.8 Å². The third kappa shape index (κ3) is 5.70. The maximum Gasteiger partial charge on any atom is 0.305 e. The molecule has 6 unspecified atom stereocenters. The number of carboxylic acids is 1. The largest absolute Gasteiger partial charge is 0.481 e. The molecular weight excluding hydrogens is 540 g/mol. The molecule has 3 aliphatic rings. The first-order valence-corrected chi connectivity index (χ1v) is 13.9. The number of piperidine rings is 1. The highest BCUT2D eigenvalue weighted by atomic mass is 35.5. The van der Waals surface area contributed by atoms with Crippen LogP contribution in [0.1, 0.15) is 63.7 Å². The summed E-state index contributed by atoms with van der Waals surface area (Å²) in [6.45, 7) is 7.14. The van der Waals surface area contributed by atoms with Crippen molar-refractivity contribution in [3.63, 3.8) is 0 Å². The number of benzene rings is 1. The minimum Gasteiger partial charge on any atom is -0.481 e. The monoisotopic (exact) mass is 574 g/mol. The molecule has 12 heteroatoms. The number of aliphatic carboxylic acids is 1. The Bertz CT molecular complexity index is 1250. The number of nitrogens with zero attached hydrogens (tertiary/aromatic N) is 1. The van der Waals surface area contributed by atoms with Gasteiger partial charge < -0.3 is 30.8 Å². The Kier molecular flexibility index (Phi) is 8.26. The second kappa shape index (κ2) is 11.2. The number of likely N-dealkylation sites (tertiary alicyclic amines) is 1. The molecule has 0 spiro atoms. The van der Waals surface area contributed by atoms with E-state index >= 15 is 0 Å². The fourth-order valence-electron chi connectivity index (χ4n) is 6.25. The molecule has 4 amide bonds. The molecule has 4 N–H and O–H groups in total. The van der Waals surface area contributed by atoms with Crippen molar-refractivity contribution in [2.45, 2.75) is 77.5 Å². The Hall–Kier alpha value is -3.47. The van der Waals surface area contributed by atoms with Crippen LogP contribution in [0, 0.1) is 23.2 Å².